The lowest BCUT2D eigenvalue weighted by atomic mass is 10.2. The van der Waals surface area contributed by atoms with Gasteiger partial charge >= 0.3 is 0 Å². The molecule has 0 bridgehead atoms. The van der Waals surface area contributed by atoms with Gasteiger partial charge in [-0.1, -0.05) is 6.07 Å². The first-order chi connectivity index (χ1) is 7.71. The SMILES string of the molecule is CSC(CO)C(C)Nc1cccc(NN)n1. The lowest BCUT2D eigenvalue weighted by molar-refractivity contribution is 0.288. The maximum atomic E-state index is 9.16. The molecule has 0 fully saturated rings. The van der Waals surface area contributed by atoms with Crippen LogP contribution in [0, 0.1) is 0 Å². The number of hydrogen-bond donors (Lipinski definition) is 4. The number of nitrogen functional groups attached to an aromatic ring is 1. The molecule has 5 N–H and O–H groups in total. The normalized spacial score (nSPS) is 14.2. The number of aliphatic hydroxyl groups is 1. The summed E-state index contributed by atoms with van der Waals surface area (Å²) in [5.74, 6) is 6.64. The Labute approximate surface area is 99.8 Å². The molecule has 0 radical (unpaired) electrons. The van der Waals surface area contributed by atoms with E-state index in [4.69, 9.17) is 10.9 Å². The van der Waals surface area contributed by atoms with Crippen molar-refractivity contribution in [3.8, 4) is 0 Å². The van der Waals surface area contributed by atoms with Gasteiger partial charge in [-0.05, 0) is 25.3 Å². The molecule has 0 aliphatic heterocycles. The highest BCUT2D eigenvalue weighted by molar-refractivity contribution is 7.99. The van der Waals surface area contributed by atoms with Crippen molar-refractivity contribution >= 4 is 23.4 Å². The Morgan fingerprint density at radius 1 is 1.50 bits per heavy atom. The van der Waals surface area contributed by atoms with E-state index in [1.54, 1.807) is 17.8 Å². The fraction of sp³-hybridized carbons (Fsp3) is 0.500. The van der Waals surface area contributed by atoms with Gasteiger partial charge in [-0.3, -0.25) is 0 Å². The van der Waals surface area contributed by atoms with Crippen LogP contribution in [0.25, 0.3) is 0 Å². The molecule has 0 amide bonds. The maximum Gasteiger partial charge on any atom is 0.142 e. The highest BCUT2D eigenvalue weighted by Crippen LogP contribution is 2.15. The minimum absolute atomic E-state index is 0.139. The van der Waals surface area contributed by atoms with Crippen LogP contribution >= 0.6 is 11.8 Å². The van der Waals surface area contributed by atoms with Crippen molar-refractivity contribution in [2.75, 3.05) is 23.6 Å². The lowest BCUT2D eigenvalue weighted by Gasteiger charge is -2.21. The summed E-state index contributed by atoms with van der Waals surface area (Å²) in [5, 5.41) is 12.5. The number of pyridine rings is 1. The van der Waals surface area contributed by atoms with E-state index in [0.29, 0.717) is 5.82 Å². The Morgan fingerprint density at radius 2 is 2.19 bits per heavy atom. The van der Waals surface area contributed by atoms with E-state index < -0.39 is 0 Å². The standard InChI is InChI=1S/C10H18N4OS/c1-7(8(6-15)16-2)12-9-4-3-5-10(13-9)14-11/h3-5,7-8,15H,6,11H2,1-2H3,(H2,12,13,14). The zero-order valence-corrected chi connectivity index (χ0v) is 10.3. The second-order valence-corrected chi connectivity index (χ2v) is 4.52. The molecule has 0 aliphatic rings. The quantitative estimate of drug-likeness (QED) is 0.438. The van der Waals surface area contributed by atoms with E-state index in [9.17, 15) is 0 Å². The van der Waals surface area contributed by atoms with Gasteiger partial charge in [0.15, 0.2) is 0 Å². The van der Waals surface area contributed by atoms with Gasteiger partial charge in [-0.25, -0.2) is 10.8 Å². The number of hydrazine groups is 1. The summed E-state index contributed by atoms with van der Waals surface area (Å²) in [6, 6.07) is 5.66. The zero-order chi connectivity index (χ0) is 12.0. The molecule has 2 atom stereocenters. The van der Waals surface area contributed by atoms with Gasteiger partial charge in [-0.2, -0.15) is 11.8 Å². The molecule has 16 heavy (non-hydrogen) atoms. The van der Waals surface area contributed by atoms with Crippen molar-refractivity contribution in [3.05, 3.63) is 18.2 Å². The van der Waals surface area contributed by atoms with Gasteiger partial charge in [0, 0.05) is 11.3 Å². The largest absolute Gasteiger partial charge is 0.395 e. The van der Waals surface area contributed by atoms with Crippen LogP contribution in [0.3, 0.4) is 0 Å². The summed E-state index contributed by atoms with van der Waals surface area (Å²) in [6.07, 6.45) is 1.98. The van der Waals surface area contributed by atoms with Crippen LogP contribution in [0.5, 0.6) is 0 Å². The summed E-state index contributed by atoms with van der Waals surface area (Å²) >= 11 is 1.63. The number of thioether (sulfide) groups is 1. The number of anilines is 2. The van der Waals surface area contributed by atoms with Crippen LogP contribution in [0.1, 0.15) is 6.92 Å². The first-order valence-electron chi connectivity index (χ1n) is 5.05. The molecule has 0 saturated heterocycles. The van der Waals surface area contributed by atoms with E-state index in [-0.39, 0.29) is 17.9 Å². The Balaban J connectivity index is 2.64. The molecule has 2 unspecified atom stereocenters. The van der Waals surface area contributed by atoms with Crippen molar-refractivity contribution in [1.29, 1.82) is 0 Å². The van der Waals surface area contributed by atoms with Crippen LogP contribution in [0.15, 0.2) is 18.2 Å². The number of nitrogens with two attached hydrogens (primary N) is 1. The minimum atomic E-state index is 0.139. The van der Waals surface area contributed by atoms with E-state index in [1.165, 1.54) is 0 Å². The Kier molecular flexibility index (Phi) is 5.37. The lowest BCUT2D eigenvalue weighted by Crippen LogP contribution is -2.31. The molecule has 1 aromatic heterocycles. The Bertz CT molecular complexity index is 319. The molecular weight excluding hydrogens is 224 g/mol. The third-order valence-electron chi connectivity index (χ3n) is 2.31. The number of hydrogen-bond acceptors (Lipinski definition) is 6. The smallest absolute Gasteiger partial charge is 0.142 e. The molecule has 5 nitrogen and oxygen atoms in total. The van der Waals surface area contributed by atoms with Gasteiger partial charge in [-0.15, -0.1) is 0 Å². The fourth-order valence-electron chi connectivity index (χ4n) is 1.36. The van der Waals surface area contributed by atoms with Crippen molar-refractivity contribution < 1.29 is 5.11 Å². The maximum absolute atomic E-state index is 9.16. The number of nitrogens with one attached hydrogen (secondary N) is 2. The van der Waals surface area contributed by atoms with Crippen LogP contribution in [-0.2, 0) is 0 Å². The van der Waals surface area contributed by atoms with Gasteiger partial charge in [0.1, 0.15) is 11.6 Å². The Morgan fingerprint density at radius 3 is 2.75 bits per heavy atom. The second kappa shape index (κ2) is 6.57. The Hall–Kier alpha value is -0.980. The molecule has 6 heteroatoms. The summed E-state index contributed by atoms with van der Waals surface area (Å²) < 4.78 is 0. The monoisotopic (exact) mass is 242 g/mol. The molecule has 90 valence electrons. The van der Waals surface area contributed by atoms with E-state index in [2.05, 4.69) is 15.7 Å². The van der Waals surface area contributed by atoms with Gasteiger partial charge in [0.2, 0.25) is 0 Å². The van der Waals surface area contributed by atoms with Crippen LogP contribution in [0.4, 0.5) is 11.6 Å². The molecule has 0 aromatic carbocycles. The van der Waals surface area contributed by atoms with Gasteiger partial charge in [0.05, 0.1) is 6.61 Å². The summed E-state index contributed by atoms with van der Waals surface area (Å²) in [7, 11) is 0. The number of aliphatic hydroxyl groups excluding tert-OH is 1. The van der Waals surface area contributed by atoms with Crippen LogP contribution in [-0.4, -0.2) is 34.2 Å². The number of aromatic nitrogens is 1. The van der Waals surface area contributed by atoms with Gasteiger partial charge in [0.25, 0.3) is 0 Å². The number of nitrogens with zero attached hydrogens (tertiary/aromatic N) is 1. The molecule has 1 rings (SSSR count). The second-order valence-electron chi connectivity index (χ2n) is 3.44. The first kappa shape index (κ1) is 13.1. The molecular formula is C10H18N4OS. The van der Waals surface area contributed by atoms with Crippen molar-refractivity contribution in [3.63, 3.8) is 0 Å². The van der Waals surface area contributed by atoms with Crippen molar-refractivity contribution in [2.45, 2.75) is 18.2 Å². The van der Waals surface area contributed by atoms with Gasteiger partial charge < -0.3 is 15.8 Å². The molecule has 1 heterocycles. The van der Waals surface area contributed by atoms with E-state index in [1.807, 2.05) is 25.3 Å². The summed E-state index contributed by atoms with van der Waals surface area (Å²) in [6.45, 7) is 2.16. The topological polar surface area (TPSA) is 83.2 Å². The fourth-order valence-corrected chi connectivity index (χ4v) is 1.98. The third-order valence-corrected chi connectivity index (χ3v) is 3.48. The van der Waals surface area contributed by atoms with Crippen molar-refractivity contribution in [2.24, 2.45) is 5.84 Å². The molecule has 0 spiro atoms. The third kappa shape index (κ3) is 3.55. The predicted octanol–water partition coefficient (Wildman–Crippen LogP) is 0.891. The number of rotatable bonds is 6. The highest BCUT2D eigenvalue weighted by Gasteiger charge is 2.15. The average molecular weight is 242 g/mol. The van der Waals surface area contributed by atoms with Crippen LogP contribution in [0.2, 0.25) is 0 Å². The molecule has 0 saturated carbocycles. The van der Waals surface area contributed by atoms with E-state index >= 15 is 0 Å². The van der Waals surface area contributed by atoms with Crippen molar-refractivity contribution in [1.82, 2.24) is 4.98 Å². The minimum Gasteiger partial charge on any atom is -0.395 e. The van der Waals surface area contributed by atoms with Crippen LogP contribution < -0.4 is 16.6 Å². The highest BCUT2D eigenvalue weighted by atomic mass is 32.2. The molecule has 0 aliphatic carbocycles. The van der Waals surface area contributed by atoms with E-state index in [0.717, 1.165) is 5.82 Å². The summed E-state index contributed by atoms with van der Waals surface area (Å²) in [4.78, 5) is 4.24. The summed E-state index contributed by atoms with van der Waals surface area (Å²) in [5.41, 5.74) is 2.49. The zero-order valence-electron chi connectivity index (χ0n) is 9.47. The first-order valence-corrected chi connectivity index (χ1v) is 6.34. The predicted molar refractivity (Wildman–Crippen MR) is 69.5 cm³/mol. The molecule has 1 aromatic rings. The average Bonchev–Trinajstić information content (AvgIpc) is 2.31.